The number of carbonyl (C=O) groups excluding carboxylic acids is 2. The highest BCUT2D eigenvalue weighted by atomic mass is 127. The average molecular weight is 483 g/mol. The van der Waals surface area contributed by atoms with Crippen molar-refractivity contribution in [3.05, 3.63) is 49.7 Å². The quantitative estimate of drug-likeness (QED) is 0.641. The van der Waals surface area contributed by atoms with Gasteiger partial charge in [0.2, 0.25) is 5.91 Å². The molecule has 0 bridgehead atoms. The van der Waals surface area contributed by atoms with Gasteiger partial charge in [-0.1, -0.05) is 0 Å². The van der Waals surface area contributed by atoms with Crippen LogP contribution in [0.5, 0.6) is 0 Å². The maximum Gasteiger partial charge on any atom is 0.252 e. The molecule has 2 amide bonds. The number of piperidine rings is 1. The fourth-order valence-electron chi connectivity index (χ4n) is 3.06. The molecule has 1 aliphatic rings. The molecule has 1 fully saturated rings. The monoisotopic (exact) mass is 483 g/mol. The van der Waals surface area contributed by atoms with Gasteiger partial charge >= 0.3 is 0 Å². The number of halogens is 1. The van der Waals surface area contributed by atoms with E-state index in [1.165, 1.54) is 11.3 Å². The number of carbonyl (C=O) groups is 2. The molecule has 1 saturated heterocycles. The van der Waals surface area contributed by atoms with E-state index in [1.54, 1.807) is 0 Å². The molecule has 0 radical (unpaired) electrons. The molecule has 26 heavy (non-hydrogen) atoms. The molecule has 7 heteroatoms. The van der Waals surface area contributed by atoms with Gasteiger partial charge in [-0.05, 0) is 77.6 Å². The van der Waals surface area contributed by atoms with Gasteiger partial charge in [-0.2, -0.15) is 11.3 Å². The molecule has 2 aromatic rings. The molecule has 1 aromatic carbocycles. The van der Waals surface area contributed by atoms with E-state index < -0.39 is 0 Å². The number of likely N-dealkylation sites (tertiary alicyclic amines) is 1. The number of benzene rings is 1. The predicted molar refractivity (Wildman–Crippen MR) is 114 cm³/mol. The van der Waals surface area contributed by atoms with Crippen molar-refractivity contribution in [1.82, 2.24) is 10.2 Å². The third-order valence-corrected chi connectivity index (χ3v) is 5.89. The molecule has 1 aliphatic heterocycles. The Bertz CT molecular complexity index is 771. The highest BCUT2D eigenvalue weighted by Gasteiger charge is 2.22. The molecule has 0 aliphatic carbocycles. The number of nitrogens with zero attached hydrogens (tertiary/aromatic N) is 1. The molecule has 0 saturated carbocycles. The number of hydrogen-bond acceptors (Lipinski definition) is 4. The molecular weight excluding hydrogens is 461 g/mol. The van der Waals surface area contributed by atoms with Gasteiger partial charge in [0, 0.05) is 39.3 Å². The smallest absolute Gasteiger partial charge is 0.252 e. The first kappa shape index (κ1) is 19.3. The summed E-state index contributed by atoms with van der Waals surface area (Å²) in [7, 11) is 0. The summed E-state index contributed by atoms with van der Waals surface area (Å²) < 4.78 is 1.16. The lowest BCUT2D eigenvalue weighted by atomic mass is 10.0. The molecule has 0 unspecified atom stereocenters. The van der Waals surface area contributed by atoms with E-state index in [9.17, 15) is 9.59 Å². The third-order valence-electron chi connectivity index (χ3n) is 4.54. The number of nitrogens with one attached hydrogen (secondary N) is 2. The van der Waals surface area contributed by atoms with E-state index >= 15 is 0 Å². The fraction of sp³-hybridized carbons (Fsp3) is 0.368. The second-order valence-electron chi connectivity index (χ2n) is 6.54. The summed E-state index contributed by atoms with van der Waals surface area (Å²) in [6, 6.07) is 8.01. The predicted octanol–water partition coefficient (Wildman–Crippen LogP) is 3.49. The van der Waals surface area contributed by atoms with Gasteiger partial charge in [-0.3, -0.25) is 14.5 Å². The number of amides is 2. The van der Waals surface area contributed by atoms with Gasteiger partial charge in [-0.25, -0.2) is 0 Å². The van der Waals surface area contributed by atoms with Crippen molar-refractivity contribution < 1.29 is 9.59 Å². The highest BCUT2D eigenvalue weighted by molar-refractivity contribution is 14.1. The van der Waals surface area contributed by atoms with Crippen LogP contribution in [0.3, 0.4) is 0 Å². The molecule has 3 rings (SSSR count). The van der Waals surface area contributed by atoms with Crippen LogP contribution >= 0.6 is 33.9 Å². The van der Waals surface area contributed by atoms with Crippen LogP contribution in [-0.2, 0) is 4.79 Å². The zero-order valence-electron chi connectivity index (χ0n) is 14.6. The van der Waals surface area contributed by atoms with Crippen LogP contribution in [-0.4, -0.2) is 42.4 Å². The first-order chi connectivity index (χ1) is 12.5. The zero-order valence-corrected chi connectivity index (χ0v) is 17.6. The van der Waals surface area contributed by atoms with Gasteiger partial charge in [0.15, 0.2) is 0 Å². The van der Waals surface area contributed by atoms with Crippen LogP contribution in [0.2, 0.25) is 0 Å². The molecule has 0 atom stereocenters. The van der Waals surface area contributed by atoms with Crippen LogP contribution in [0.1, 0.15) is 28.8 Å². The minimum Gasteiger partial charge on any atom is -0.349 e. The van der Waals surface area contributed by atoms with E-state index in [4.69, 9.17) is 0 Å². The van der Waals surface area contributed by atoms with E-state index in [0.29, 0.717) is 6.54 Å². The number of rotatable bonds is 5. The van der Waals surface area contributed by atoms with Crippen molar-refractivity contribution in [2.45, 2.75) is 25.8 Å². The van der Waals surface area contributed by atoms with Crippen LogP contribution in [0.25, 0.3) is 0 Å². The molecular formula is C19H22IN3O2S. The SMILES string of the molecule is Cc1cc(I)ccc1NC(=O)CN1CCC(NC(=O)c2ccsc2)CC1. The van der Waals surface area contributed by atoms with E-state index in [-0.39, 0.29) is 17.9 Å². The standard InChI is InChI=1S/C19H22IN3O2S/c1-13-10-15(20)2-3-17(13)22-18(24)11-23-7-4-16(5-8-23)21-19(25)14-6-9-26-12-14/h2-3,6,9-10,12,16H,4-5,7-8,11H2,1H3,(H,21,25)(H,22,24). The normalized spacial score (nSPS) is 15.6. The molecule has 2 heterocycles. The van der Waals surface area contributed by atoms with Crippen molar-refractivity contribution in [3.8, 4) is 0 Å². The maximum absolute atomic E-state index is 12.3. The van der Waals surface area contributed by atoms with Gasteiger partial charge in [0.25, 0.3) is 5.91 Å². The third kappa shape index (κ3) is 5.28. The Hall–Kier alpha value is -1.45. The van der Waals surface area contributed by atoms with Crippen molar-refractivity contribution in [2.24, 2.45) is 0 Å². The fourth-order valence-corrected chi connectivity index (χ4v) is 4.34. The Morgan fingerprint density at radius 2 is 2.04 bits per heavy atom. The van der Waals surface area contributed by atoms with E-state index in [2.05, 4.69) is 44.2 Å². The summed E-state index contributed by atoms with van der Waals surface area (Å²) in [6.45, 7) is 4.01. The number of anilines is 1. The largest absolute Gasteiger partial charge is 0.349 e. The zero-order chi connectivity index (χ0) is 18.5. The summed E-state index contributed by atoms with van der Waals surface area (Å²) in [6.07, 6.45) is 1.73. The summed E-state index contributed by atoms with van der Waals surface area (Å²) in [5.74, 6) is 0.00620. The van der Waals surface area contributed by atoms with Gasteiger partial charge in [-0.15, -0.1) is 0 Å². The summed E-state index contributed by atoms with van der Waals surface area (Å²) in [4.78, 5) is 26.6. The van der Waals surface area contributed by atoms with Gasteiger partial charge in [0.1, 0.15) is 0 Å². The Kier molecular flexibility index (Phi) is 6.66. The number of hydrogen-bond donors (Lipinski definition) is 2. The van der Waals surface area contributed by atoms with Crippen LogP contribution in [0.15, 0.2) is 35.0 Å². The van der Waals surface area contributed by atoms with E-state index in [1.807, 2.05) is 35.9 Å². The second kappa shape index (κ2) is 8.96. The summed E-state index contributed by atoms with van der Waals surface area (Å²) in [5, 5.41) is 9.85. The average Bonchev–Trinajstić information content (AvgIpc) is 3.14. The minimum atomic E-state index is -0.00312. The minimum absolute atomic E-state index is 0.00312. The summed E-state index contributed by atoms with van der Waals surface area (Å²) >= 11 is 3.79. The Balaban J connectivity index is 1.43. The second-order valence-corrected chi connectivity index (χ2v) is 8.57. The lowest BCUT2D eigenvalue weighted by molar-refractivity contribution is -0.117. The first-order valence-corrected chi connectivity index (χ1v) is 10.6. The van der Waals surface area contributed by atoms with Crippen molar-refractivity contribution in [2.75, 3.05) is 25.0 Å². The van der Waals surface area contributed by atoms with Crippen LogP contribution in [0.4, 0.5) is 5.69 Å². The lowest BCUT2D eigenvalue weighted by Crippen LogP contribution is -2.46. The lowest BCUT2D eigenvalue weighted by Gasteiger charge is -2.31. The van der Waals surface area contributed by atoms with Gasteiger partial charge in [0.05, 0.1) is 6.54 Å². The number of thiophene rings is 1. The maximum atomic E-state index is 12.3. The van der Waals surface area contributed by atoms with Crippen molar-refractivity contribution >= 4 is 51.4 Å². The topological polar surface area (TPSA) is 61.4 Å². The molecule has 138 valence electrons. The van der Waals surface area contributed by atoms with Gasteiger partial charge < -0.3 is 10.6 Å². The number of aryl methyl sites for hydroxylation is 1. The first-order valence-electron chi connectivity index (χ1n) is 8.62. The Morgan fingerprint density at radius 3 is 2.69 bits per heavy atom. The molecule has 5 nitrogen and oxygen atoms in total. The van der Waals surface area contributed by atoms with Crippen LogP contribution < -0.4 is 10.6 Å². The molecule has 0 spiro atoms. The van der Waals surface area contributed by atoms with Crippen molar-refractivity contribution in [1.29, 1.82) is 0 Å². The van der Waals surface area contributed by atoms with Crippen molar-refractivity contribution in [3.63, 3.8) is 0 Å². The van der Waals surface area contributed by atoms with Crippen LogP contribution in [0, 0.1) is 10.5 Å². The van der Waals surface area contributed by atoms with E-state index in [0.717, 1.165) is 46.3 Å². The highest BCUT2D eigenvalue weighted by Crippen LogP contribution is 2.18. The molecule has 1 aromatic heterocycles. The Labute approximate surface area is 171 Å². The Morgan fingerprint density at radius 1 is 1.27 bits per heavy atom. The summed E-state index contributed by atoms with van der Waals surface area (Å²) in [5.41, 5.74) is 2.66. The molecule has 2 N–H and O–H groups in total.